The molecule has 0 amide bonds. The van der Waals surface area contributed by atoms with Gasteiger partial charge in [0.2, 0.25) is 5.95 Å². The van der Waals surface area contributed by atoms with Gasteiger partial charge in [-0.25, -0.2) is 0 Å². The summed E-state index contributed by atoms with van der Waals surface area (Å²) < 4.78 is 5.09. The van der Waals surface area contributed by atoms with Gasteiger partial charge < -0.3 is 25.2 Å². The smallest absolute Gasteiger partial charge is 0.232 e. The first-order valence-corrected chi connectivity index (χ1v) is 11.4. The van der Waals surface area contributed by atoms with Gasteiger partial charge in [0.05, 0.1) is 0 Å². The van der Waals surface area contributed by atoms with E-state index in [1.54, 1.807) is 7.11 Å². The summed E-state index contributed by atoms with van der Waals surface area (Å²) in [5.41, 5.74) is 0. The Balaban J connectivity index is 1.77. The molecule has 2 fully saturated rings. The van der Waals surface area contributed by atoms with Crippen LogP contribution >= 0.6 is 12.2 Å². The zero-order valence-electron chi connectivity index (χ0n) is 18.1. The Bertz CT molecular complexity index is 673. The molecule has 2 aliphatic rings. The van der Waals surface area contributed by atoms with Gasteiger partial charge in [-0.1, -0.05) is 6.92 Å². The molecule has 7 nitrogen and oxygen atoms in total. The molecule has 0 saturated carbocycles. The van der Waals surface area contributed by atoms with Crippen LogP contribution in [-0.2, 0) is 4.74 Å². The van der Waals surface area contributed by atoms with E-state index in [2.05, 4.69) is 40.3 Å². The van der Waals surface area contributed by atoms with E-state index in [1.807, 2.05) is 0 Å². The number of nitrogens with zero attached hydrogens (tertiary/aromatic N) is 4. The van der Waals surface area contributed by atoms with Crippen LogP contribution in [0.5, 0.6) is 0 Å². The van der Waals surface area contributed by atoms with Crippen molar-refractivity contribution >= 4 is 34.9 Å². The van der Waals surface area contributed by atoms with Gasteiger partial charge in [-0.2, -0.15) is 9.97 Å². The molecule has 0 radical (unpaired) electrons. The number of thiocarbonyl (C=S) groups is 1. The lowest BCUT2D eigenvalue weighted by molar-refractivity contribution is 0.196. The molecule has 2 aliphatic heterocycles. The fourth-order valence-electron chi connectivity index (χ4n) is 4.19. The number of piperidine rings is 2. The second-order valence-corrected chi connectivity index (χ2v) is 8.78. The Labute approximate surface area is 180 Å². The highest BCUT2D eigenvalue weighted by Gasteiger charge is 2.24. The number of nitrogens with one attached hydrogen (secondary N) is 2. The van der Waals surface area contributed by atoms with E-state index in [0.29, 0.717) is 29.6 Å². The average Bonchev–Trinajstić information content (AvgIpc) is 2.71. The zero-order valence-corrected chi connectivity index (χ0v) is 18.9. The fraction of sp³-hybridized carbons (Fsp3) is 0.762. The fourth-order valence-corrected chi connectivity index (χ4v) is 4.38. The maximum absolute atomic E-state index is 5.46. The van der Waals surface area contributed by atoms with Gasteiger partial charge in [0.25, 0.3) is 0 Å². The van der Waals surface area contributed by atoms with Crippen molar-refractivity contribution in [1.29, 1.82) is 0 Å². The number of rotatable bonds is 7. The summed E-state index contributed by atoms with van der Waals surface area (Å²) in [6.45, 7) is 9.23. The standard InChI is InChI=1S/C21H36N6OS/c1-16-8-6-11-26(15-16)18-14-19(27-12-5-4-9-17(27)2)24-20(23-18)25-21(29)22-10-7-13-28-3/h14,16-17H,4-13,15H2,1-3H3,(H2,22,23,24,25,29)/t16-,17-/m1/s1. The lowest BCUT2D eigenvalue weighted by Crippen LogP contribution is -2.39. The molecule has 0 bridgehead atoms. The van der Waals surface area contributed by atoms with Gasteiger partial charge in [-0.3, -0.25) is 0 Å². The normalized spacial score (nSPS) is 22.4. The van der Waals surface area contributed by atoms with Crippen molar-refractivity contribution in [2.45, 2.75) is 58.4 Å². The second kappa shape index (κ2) is 10.9. The van der Waals surface area contributed by atoms with Crippen molar-refractivity contribution in [3.63, 3.8) is 0 Å². The molecule has 0 spiro atoms. The highest BCUT2D eigenvalue weighted by molar-refractivity contribution is 7.80. The highest BCUT2D eigenvalue weighted by Crippen LogP contribution is 2.29. The molecule has 0 unspecified atom stereocenters. The summed E-state index contributed by atoms with van der Waals surface area (Å²) >= 11 is 5.46. The Kier molecular flexibility index (Phi) is 8.29. The van der Waals surface area contributed by atoms with Crippen LogP contribution in [0.2, 0.25) is 0 Å². The van der Waals surface area contributed by atoms with Crippen molar-refractivity contribution in [2.75, 3.05) is 55.0 Å². The topological polar surface area (TPSA) is 65.6 Å². The molecule has 3 rings (SSSR count). The third kappa shape index (κ3) is 6.40. The number of anilines is 3. The molecule has 1 aromatic rings. The monoisotopic (exact) mass is 420 g/mol. The van der Waals surface area contributed by atoms with Crippen LogP contribution in [0.15, 0.2) is 6.07 Å². The first-order chi connectivity index (χ1) is 14.1. The van der Waals surface area contributed by atoms with E-state index in [-0.39, 0.29) is 0 Å². The Hall–Kier alpha value is -1.67. The summed E-state index contributed by atoms with van der Waals surface area (Å²) in [7, 11) is 1.71. The quantitative estimate of drug-likeness (QED) is 0.514. The first kappa shape index (κ1) is 22.0. The van der Waals surface area contributed by atoms with E-state index in [9.17, 15) is 0 Å². The van der Waals surface area contributed by atoms with Crippen LogP contribution in [0, 0.1) is 5.92 Å². The predicted octanol–water partition coefficient (Wildman–Crippen LogP) is 3.41. The number of hydrogen-bond acceptors (Lipinski definition) is 6. The maximum Gasteiger partial charge on any atom is 0.232 e. The SMILES string of the molecule is COCCCNC(=S)Nc1nc(N2CCC[C@@H](C)C2)cc(N2CCCC[C@H]2C)n1. The zero-order chi connectivity index (χ0) is 20.6. The van der Waals surface area contributed by atoms with Crippen molar-refractivity contribution < 1.29 is 4.74 Å². The summed E-state index contributed by atoms with van der Waals surface area (Å²) in [5.74, 6) is 3.28. The molecule has 3 heterocycles. The number of methoxy groups -OCH3 is 1. The van der Waals surface area contributed by atoms with Crippen LogP contribution in [-0.4, -0.2) is 61.0 Å². The molecular formula is C21H36N6OS. The molecule has 2 atom stereocenters. The van der Waals surface area contributed by atoms with Gasteiger partial charge >= 0.3 is 0 Å². The highest BCUT2D eigenvalue weighted by atomic mass is 32.1. The van der Waals surface area contributed by atoms with Gasteiger partial charge in [0.15, 0.2) is 5.11 Å². The third-order valence-corrected chi connectivity index (χ3v) is 6.06. The maximum atomic E-state index is 5.46. The minimum atomic E-state index is 0.499. The van der Waals surface area contributed by atoms with E-state index in [1.165, 1.54) is 32.1 Å². The van der Waals surface area contributed by atoms with Gasteiger partial charge in [-0.15, -0.1) is 0 Å². The van der Waals surface area contributed by atoms with Crippen molar-refractivity contribution in [3.8, 4) is 0 Å². The lowest BCUT2D eigenvalue weighted by Gasteiger charge is -2.36. The molecule has 2 N–H and O–H groups in total. The molecule has 29 heavy (non-hydrogen) atoms. The molecular weight excluding hydrogens is 384 g/mol. The molecule has 0 aromatic carbocycles. The Morgan fingerprint density at radius 2 is 2.00 bits per heavy atom. The van der Waals surface area contributed by atoms with Crippen molar-refractivity contribution in [2.24, 2.45) is 5.92 Å². The Morgan fingerprint density at radius 1 is 1.17 bits per heavy atom. The molecule has 8 heteroatoms. The molecule has 162 valence electrons. The predicted molar refractivity (Wildman–Crippen MR) is 124 cm³/mol. The molecule has 2 saturated heterocycles. The molecule has 1 aromatic heterocycles. The van der Waals surface area contributed by atoms with Gasteiger partial charge in [0, 0.05) is 52.0 Å². The second-order valence-electron chi connectivity index (χ2n) is 8.37. The third-order valence-electron chi connectivity index (χ3n) is 5.81. The van der Waals surface area contributed by atoms with Crippen molar-refractivity contribution in [3.05, 3.63) is 6.07 Å². The number of ether oxygens (including phenoxy) is 1. The van der Waals surface area contributed by atoms with E-state index in [0.717, 1.165) is 44.2 Å². The summed E-state index contributed by atoms with van der Waals surface area (Å²) in [4.78, 5) is 14.5. The van der Waals surface area contributed by atoms with Gasteiger partial charge in [0.1, 0.15) is 11.6 Å². The van der Waals surface area contributed by atoms with Crippen LogP contribution < -0.4 is 20.4 Å². The van der Waals surface area contributed by atoms with Crippen LogP contribution in [0.3, 0.4) is 0 Å². The van der Waals surface area contributed by atoms with Crippen LogP contribution in [0.4, 0.5) is 17.6 Å². The first-order valence-electron chi connectivity index (χ1n) is 11.0. The minimum absolute atomic E-state index is 0.499. The van der Waals surface area contributed by atoms with Crippen LogP contribution in [0.25, 0.3) is 0 Å². The van der Waals surface area contributed by atoms with E-state index in [4.69, 9.17) is 26.9 Å². The molecule has 0 aliphatic carbocycles. The number of aromatic nitrogens is 2. The minimum Gasteiger partial charge on any atom is -0.385 e. The van der Waals surface area contributed by atoms with Gasteiger partial charge in [-0.05, 0) is 63.6 Å². The lowest BCUT2D eigenvalue weighted by atomic mass is 10.0. The average molecular weight is 421 g/mol. The van der Waals surface area contributed by atoms with Crippen LogP contribution in [0.1, 0.15) is 52.4 Å². The van der Waals surface area contributed by atoms with Crippen molar-refractivity contribution in [1.82, 2.24) is 15.3 Å². The van der Waals surface area contributed by atoms with E-state index < -0.39 is 0 Å². The summed E-state index contributed by atoms with van der Waals surface area (Å²) in [5, 5.41) is 6.98. The summed E-state index contributed by atoms with van der Waals surface area (Å²) in [6, 6.07) is 2.67. The largest absolute Gasteiger partial charge is 0.385 e. The van der Waals surface area contributed by atoms with E-state index >= 15 is 0 Å². The Morgan fingerprint density at radius 3 is 2.76 bits per heavy atom. The number of hydrogen-bond donors (Lipinski definition) is 2. The summed E-state index contributed by atoms with van der Waals surface area (Å²) in [6.07, 6.45) is 7.12.